The van der Waals surface area contributed by atoms with E-state index < -0.39 is 16.1 Å². The Balaban J connectivity index is 2.16. The molecule has 0 unspecified atom stereocenters. The van der Waals surface area contributed by atoms with Gasteiger partial charge in [-0.2, -0.15) is 0 Å². The molecule has 0 bridgehead atoms. The predicted octanol–water partition coefficient (Wildman–Crippen LogP) is 0.205. The van der Waals surface area contributed by atoms with Crippen molar-refractivity contribution in [1.29, 1.82) is 0 Å². The van der Waals surface area contributed by atoms with Crippen LogP contribution >= 0.6 is 0 Å². The molecule has 1 aliphatic rings. The van der Waals surface area contributed by atoms with Crippen molar-refractivity contribution in [3.63, 3.8) is 0 Å². The number of amides is 3. The fourth-order valence-electron chi connectivity index (χ4n) is 3.37. The summed E-state index contributed by atoms with van der Waals surface area (Å²) in [5, 5.41) is 8.07. The summed E-state index contributed by atoms with van der Waals surface area (Å²) in [5.74, 6) is -0.266. The van der Waals surface area contributed by atoms with Crippen molar-refractivity contribution in [2.45, 2.75) is 25.2 Å². The zero-order valence-electron chi connectivity index (χ0n) is 16.9. The highest BCUT2D eigenvalue weighted by molar-refractivity contribution is 7.89. The van der Waals surface area contributed by atoms with Gasteiger partial charge in [-0.25, -0.2) is 18.4 Å². The molecule has 3 amide bonds. The highest BCUT2D eigenvalue weighted by Crippen LogP contribution is 2.28. The molecule has 5 N–H and O–H groups in total. The van der Waals surface area contributed by atoms with E-state index in [1.54, 1.807) is 11.0 Å². The summed E-state index contributed by atoms with van der Waals surface area (Å²) in [4.78, 5) is 29.5. The summed E-state index contributed by atoms with van der Waals surface area (Å²) in [6, 6.07) is 4.02. The van der Waals surface area contributed by atoms with Gasteiger partial charge in [0.2, 0.25) is 15.9 Å². The maximum Gasteiger partial charge on any atom is 0.314 e. The first kappa shape index (κ1) is 22.9. The average molecular weight is 427 g/mol. The Hall–Kier alpha value is -2.37. The maximum absolute atomic E-state index is 12.7. The fourth-order valence-corrected chi connectivity index (χ4v) is 3.91. The molecule has 1 heterocycles. The van der Waals surface area contributed by atoms with Crippen LogP contribution in [0.25, 0.3) is 0 Å². The zero-order valence-corrected chi connectivity index (χ0v) is 17.7. The number of sulfonamides is 1. The minimum atomic E-state index is -3.89. The van der Waals surface area contributed by atoms with Gasteiger partial charge in [-0.05, 0) is 38.5 Å². The van der Waals surface area contributed by atoms with E-state index >= 15 is 0 Å². The van der Waals surface area contributed by atoms with Gasteiger partial charge in [0.1, 0.15) is 0 Å². The Morgan fingerprint density at radius 2 is 1.83 bits per heavy atom. The molecule has 0 aromatic heterocycles. The van der Waals surface area contributed by atoms with Gasteiger partial charge in [0.15, 0.2) is 0 Å². The fraction of sp³-hybridized carbons (Fsp3) is 0.556. The zero-order chi connectivity index (χ0) is 21.6. The van der Waals surface area contributed by atoms with Gasteiger partial charge in [0.25, 0.3) is 0 Å². The van der Waals surface area contributed by atoms with E-state index in [0.29, 0.717) is 45.0 Å². The highest BCUT2D eigenvalue weighted by atomic mass is 32.2. The van der Waals surface area contributed by atoms with Gasteiger partial charge in [-0.1, -0.05) is 0 Å². The van der Waals surface area contributed by atoms with Crippen molar-refractivity contribution in [2.24, 2.45) is 10.9 Å². The SMILES string of the molecule is CCN(CC)c1ccc(S(N)(=O)=O)cc1NC(=O)CN1CCCN(C(N)=O)CC1. The number of anilines is 2. The third-order valence-corrected chi connectivity index (χ3v) is 5.85. The van der Waals surface area contributed by atoms with Gasteiger partial charge in [-0.15, -0.1) is 0 Å². The lowest BCUT2D eigenvalue weighted by Gasteiger charge is -2.25. The van der Waals surface area contributed by atoms with Crippen molar-refractivity contribution in [1.82, 2.24) is 9.80 Å². The first-order valence-corrected chi connectivity index (χ1v) is 11.2. The van der Waals surface area contributed by atoms with E-state index in [9.17, 15) is 18.0 Å². The van der Waals surface area contributed by atoms with Crippen molar-refractivity contribution >= 4 is 33.3 Å². The number of nitrogens with one attached hydrogen (secondary N) is 1. The number of carbonyl (C=O) groups is 2. The van der Waals surface area contributed by atoms with Gasteiger partial charge >= 0.3 is 6.03 Å². The Kier molecular flexibility index (Phi) is 7.82. The van der Waals surface area contributed by atoms with Gasteiger partial charge in [0.05, 0.1) is 22.8 Å². The molecule has 0 radical (unpaired) electrons. The van der Waals surface area contributed by atoms with E-state index in [-0.39, 0.29) is 17.3 Å². The van der Waals surface area contributed by atoms with Crippen LogP contribution in [-0.4, -0.2) is 76.0 Å². The number of rotatable bonds is 7. The number of hydrogen-bond donors (Lipinski definition) is 3. The van der Waals surface area contributed by atoms with Crippen molar-refractivity contribution in [3.8, 4) is 0 Å². The van der Waals surface area contributed by atoms with Gasteiger partial charge < -0.3 is 20.9 Å². The normalized spacial score (nSPS) is 15.6. The summed E-state index contributed by atoms with van der Waals surface area (Å²) in [6.45, 7) is 7.71. The van der Waals surface area contributed by atoms with Crippen LogP contribution in [0.1, 0.15) is 20.3 Å². The van der Waals surface area contributed by atoms with Gasteiger partial charge in [0, 0.05) is 39.3 Å². The molecule has 0 atom stereocenters. The molecule has 1 saturated heterocycles. The first-order chi connectivity index (χ1) is 13.7. The molecule has 1 aromatic carbocycles. The first-order valence-electron chi connectivity index (χ1n) is 9.64. The quantitative estimate of drug-likeness (QED) is 0.569. The number of nitrogens with zero attached hydrogens (tertiary/aromatic N) is 3. The number of urea groups is 1. The summed E-state index contributed by atoms with van der Waals surface area (Å²) >= 11 is 0. The van der Waals surface area contributed by atoms with Crippen LogP contribution < -0.4 is 21.1 Å². The Morgan fingerprint density at radius 1 is 1.14 bits per heavy atom. The third-order valence-electron chi connectivity index (χ3n) is 4.94. The number of primary sulfonamides is 1. The van der Waals surface area contributed by atoms with Gasteiger partial charge in [-0.3, -0.25) is 9.69 Å². The molecule has 0 spiro atoms. The van der Waals surface area contributed by atoms with Crippen molar-refractivity contribution in [3.05, 3.63) is 18.2 Å². The molecular weight excluding hydrogens is 396 g/mol. The Labute approximate surface area is 171 Å². The summed E-state index contributed by atoms with van der Waals surface area (Å²) in [7, 11) is -3.89. The van der Waals surface area contributed by atoms with Crippen LogP contribution in [0.5, 0.6) is 0 Å². The number of hydrogen-bond acceptors (Lipinski definition) is 6. The van der Waals surface area contributed by atoms with Crippen LogP contribution in [0.3, 0.4) is 0 Å². The minimum absolute atomic E-state index is 0.0596. The minimum Gasteiger partial charge on any atom is -0.370 e. The lowest BCUT2D eigenvalue weighted by atomic mass is 10.2. The smallest absolute Gasteiger partial charge is 0.314 e. The molecule has 2 rings (SSSR count). The van der Waals surface area contributed by atoms with E-state index in [1.165, 1.54) is 12.1 Å². The highest BCUT2D eigenvalue weighted by Gasteiger charge is 2.20. The topological polar surface area (TPSA) is 142 Å². The van der Waals surface area contributed by atoms with E-state index in [0.717, 1.165) is 12.1 Å². The largest absolute Gasteiger partial charge is 0.370 e. The van der Waals surface area contributed by atoms with Crippen LogP contribution in [0.15, 0.2) is 23.1 Å². The molecule has 0 saturated carbocycles. The average Bonchev–Trinajstić information content (AvgIpc) is 2.88. The number of benzene rings is 1. The van der Waals surface area contributed by atoms with E-state index in [1.807, 2.05) is 23.6 Å². The summed E-state index contributed by atoms with van der Waals surface area (Å²) in [6.07, 6.45) is 0.724. The van der Waals surface area contributed by atoms with E-state index in [2.05, 4.69) is 5.32 Å². The van der Waals surface area contributed by atoms with Crippen LogP contribution in [0, 0.1) is 0 Å². The molecular formula is C18H30N6O4S. The predicted molar refractivity (Wildman–Crippen MR) is 112 cm³/mol. The van der Waals surface area contributed by atoms with E-state index in [4.69, 9.17) is 10.9 Å². The second kappa shape index (κ2) is 9.90. The second-order valence-electron chi connectivity index (χ2n) is 6.90. The lowest BCUT2D eigenvalue weighted by molar-refractivity contribution is -0.117. The Morgan fingerprint density at radius 3 is 2.41 bits per heavy atom. The van der Waals surface area contributed by atoms with Crippen LogP contribution in [0.2, 0.25) is 0 Å². The maximum atomic E-state index is 12.7. The van der Waals surface area contributed by atoms with Crippen LogP contribution in [-0.2, 0) is 14.8 Å². The number of primary amides is 1. The summed E-state index contributed by atoms with van der Waals surface area (Å²) in [5.41, 5.74) is 6.46. The Bertz CT molecular complexity index is 841. The third kappa shape index (κ3) is 6.31. The molecule has 0 aliphatic carbocycles. The van der Waals surface area contributed by atoms with Crippen molar-refractivity contribution < 1.29 is 18.0 Å². The molecule has 162 valence electrons. The number of nitrogens with two attached hydrogens (primary N) is 2. The molecule has 29 heavy (non-hydrogen) atoms. The van der Waals surface area contributed by atoms with Crippen LogP contribution in [0.4, 0.5) is 16.2 Å². The molecule has 1 aromatic rings. The molecule has 11 heteroatoms. The molecule has 10 nitrogen and oxygen atoms in total. The second-order valence-corrected chi connectivity index (χ2v) is 8.46. The lowest BCUT2D eigenvalue weighted by Crippen LogP contribution is -2.40. The summed E-state index contributed by atoms with van der Waals surface area (Å²) < 4.78 is 23.5. The van der Waals surface area contributed by atoms with Crippen molar-refractivity contribution in [2.75, 3.05) is 56.0 Å². The number of carbonyl (C=O) groups excluding carboxylic acids is 2. The standard InChI is InChI=1S/C18H30N6O4S/c1-3-23(4-2)16-7-6-14(29(20,27)28)12-15(16)21-17(25)13-22-8-5-9-24(11-10-22)18(19)26/h6-7,12H,3-5,8-11,13H2,1-2H3,(H2,19,26)(H,21,25)(H2,20,27,28). The monoisotopic (exact) mass is 426 g/mol. The molecule has 1 aliphatic heterocycles. The molecule has 1 fully saturated rings.